The minimum absolute atomic E-state index is 0.0121. The number of nitrogens with zero attached hydrogens (tertiary/aromatic N) is 2. The van der Waals surface area contributed by atoms with Gasteiger partial charge in [-0.1, -0.05) is 0 Å². The van der Waals surface area contributed by atoms with Gasteiger partial charge >= 0.3 is 0 Å². The number of nitro benzene ring substituents is 1. The van der Waals surface area contributed by atoms with E-state index < -0.39 is 4.92 Å². The molecule has 7 heteroatoms. The number of carbonyl (C=O) groups excluding carboxylic acids is 1. The minimum atomic E-state index is -0.602. The number of amides is 1. The summed E-state index contributed by atoms with van der Waals surface area (Å²) in [6.07, 6.45) is 0.270. The van der Waals surface area contributed by atoms with Crippen molar-refractivity contribution in [3.05, 3.63) is 33.9 Å². The number of nitrogens with one attached hydrogen (secondary N) is 2. The number of rotatable bonds is 6. The van der Waals surface area contributed by atoms with E-state index in [2.05, 4.69) is 10.6 Å². The van der Waals surface area contributed by atoms with Crippen molar-refractivity contribution < 1.29 is 9.72 Å². The van der Waals surface area contributed by atoms with Crippen molar-refractivity contribution >= 4 is 17.3 Å². The first-order valence-electron chi connectivity index (χ1n) is 6.16. The second kappa shape index (κ2) is 7.09. The summed E-state index contributed by atoms with van der Waals surface area (Å²) in [6.45, 7) is 4.10. The standard InChI is InChI=1S/C13H16N4O3/c1-9(2)16-13(18)5-6-15-11-4-3-10(8-14)12(7-11)17(19)20/h3-4,7,9,15H,5-6H2,1-2H3,(H,16,18). The van der Waals surface area contributed by atoms with Gasteiger partial charge in [0.2, 0.25) is 5.91 Å². The molecule has 0 atom stereocenters. The molecular formula is C13H16N4O3. The summed E-state index contributed by atoms with van der Waals surface area (Å²) in [5.74, 6) is -0.0874. The first kappa shape index (κ1) is 15.4. The van der Waals surface area contributed by atoms with Gasteiger partial charge in [0.25, 0.3) is 5.69 Å². The third-order valence-corrected chi connectivity index (χ3v) is 2.45. The topological polar surface area (TPSA) is 108 Å². The minimum Gasteiger partial charge on any atom is -0.384 e. The Morgan fingerprint density at radius 1 is 1.50 bits per heavy atom. The van der Waals surface area contributed by atoms with E-state index in [4.69, 9.17) is 5.26 Å². The van der Waals surface area contributed by atoms with Crippen molar-refractivity contribution in [3.8, 4) is 6.07 Å². The van der Waals surface area contributed by atoms with Crippen LogP contribution >= 0.6 is 0 Å². The molecule has 20 heavy (non-hydrogen) atoms. The molecule has 1 aromatic rings. The number of nitriles is 1. The average Bonchev–Trinajstić information content (AvgIpc) is 2.37. The predicted molar refractivity (Wildman–Crippen MR) is 74.2 cm³/mol. The largest absolute Gasteiger partial charge is 0.384 e. The highest BCUT2D eigenvalue weighted by molar-refractivity contribution is 5.76. The molecule has 7 nitrogen and oxygen atoms in total. The Bertz CT molecular complexity index is 549. The molecule has 1 aromatic carbocycles. The maximum Gasteiger partial charge on any atom is 0.289 e. The van der Waals surface area contributed by atoms with Gasteiger partial charge < -0.3 is 10.6 Å². The van der Waals surface area contributed by atoms with Crippen LogP contribution in [0.5, 0.6) is 0 Å². The fourth-order valence-corrected chi connectivity index (χ4v) is 1.60. The molecule has 0 heterocycles. The van der Waals surface area contributed by atoms with Crippen LogP contribution in [0.3, 0.4) is 0 Å². The first-order chi connectivity index (χ1) is 9.43. The van der Waals surface area contributed by atoms with Crippen molar-refractivity contribution in [2.24, 2.45) is 0 Å². The number of hydrogen-bond donors (Lipinski definition) is 2. The zero-order chi connectivity index (χ0) is 15.1. The van der Waals surface area contributed by atoms with Gasteiger partial charge in [0.15, 0.2) is 0 Å². The highest BCUT2D eigenvalue weighted by Crippen LogP contribution is 2.22. The van der Waals surface area contributed by atoms with Gasteiger partial charge in [0, 0.05) is 30.8 Å². The van der Waals surface area contributed by atoms with Crippen molar-refractivity contribution in [3.63, 3.8) is 0 Å². The van der Waals surface area contributed by atoms with Gasteiger partial charge in [-0.15, -0.1) is 0 Å². The predicted octanol–water partition coefficient (Wildman–Crippen LogP) is 1.79. The lowest BCUT2D eigenvalue weighted by molar-refractivity contribution is -0.385. The van der Waals surface area contributed by atoms with Gasteiger partial charge in [-0.05, 0) is 26.0 Å². The molecule has 0 aromatic heterocycles. The molecule has 0 radical (unpaired) electrons. The van der Waals surface area contributed by atoms with E-state index in [9.17, 15) is 14.9 Å². The monoisotopic (exact) mass is 276 g/mol. The van der Waals surface area contributed by atoms with Gasteiger partial charge in [-0.2, -0.15) is 5.26 Å². The first-order valence-corrected chi connectivity index (χ1v) is 6.16. The molecule has 0 saturated heterocycles. The van der Waals surface area contributed by atoms with Gasteiger partial charge in [-0.3, -0.25) is 14.9 Å². The van der Waals surface area contributed by atoms with Crippen LogP contribution in [0.2, 0.25) is 0 Å². The maximum absolute atomic E-state index is 11.4. The molecule has 0 fully saturated rings. The van der Waals surface area contributed by atoms with Gasteiger partial charge in [0.05, 0.1) is 4.92 Å². The SMILES string of the molecule is CC(C)NC(=O)CCNc1ccc(C#N)c([N+](=O)[O-])c1. The van der Waals surface area contributed by atoms with Crippen LogP contribution in [0.25, 0.3) is 0 Å². The Labute approximate surface area is 116 Å². The lowest BCUT2D eigenvalue weighted by Gasteiger charge is -2.09. The fourth-order valence-electron chi connectivity index (χ4n) is 1.60. The molecule has 0 aliphatic rings. The third kappa shape index (κ3) is 4.57. The number of carbonyl (C=O) groups is 1. The molecule has 0 unspecified atom stereocenters. The van der Waals surface area contributed by atoms with E-state index in [1.165, 1.54) is 12.1 Å². The van der Waals surface area contributed by atoms with Crippen LogP contribution in [0.4, 0.5) is 11.4 Å². The average molecular weight is 276 g/mol. The third-order valence-electron chi connectivity index (χ3n) is 2.45. The Kier molecular flexibility index (Phi) is 5.47. The van der Waals surface area contributed by atoms with Crippen LogP contribution in [-0.2, 0) is 4.79 Å². The summed E-state index contributed by atoms with van der Waals surface area (Å²) in [6, 6.07) is 6.10. The van der Waals surface area contributed by atoms with E-state index in [1.54, 1.807) is 12.1 Å². The summed E-state index contributed by atoms with van der Waals surface area (Å²) in [5.41, 5.74) is 0.273. The van der Waals surface area contributed by atoms with Crippen LogP contribution in [0.1, 0.15) is 25.8 Å². The quantitative estimate of drug-likeness (QED) is 0.608. The van der Waals surface area contributed by atoms with Crippen molar-refractivity contribution in [1.82, 2.24) is 5.32 Å². The lowest BCUT2D eigenvalue weighted by atomic mass is 10.2. The summed E-state index contributed by atoms with van der Waals surface area (Å²) in [7, 11) is 0. The van der Waals surface area contributed by atoms with Gasteiger partial charge in [-0.25, -0.2) is 0 Å². The zero-order valence-corrected chi connectivity index (χ0v) is 11.3. The molecule has 1 amide bonds. The molecular weight excluding hydrogens is 260 g/mol. The number of hydrogen-bond acceptors (Lipinski definition) is 5. The second-order valence-corrected chi connectivity index (χ2v) is 4.50. The Morgan fingerprint density at radius 2 is 2.20 bits per heavy atom. The molecule has 106 valence electrons. The summed E-state index contributed by atoms with van der Waals surface area (Å²) < 4.78 is 0. The summed E-state index contributed by atoms with van der Waals surface area (Å²) in [5, 5.41) is 25.2. The lowest BCUT2D eigenvalue weighted by Crippen LogP contribution is -2.31. The number of nitro groups is 1. The maximum atomic E-state index is 11.4. The van der Waals surface area contributed by atoms with E-state index >= 15 is 0 Å². The van der Waals surface area contributed by atoms with E-state index in [0.29, 0.717) is 12.2 Å². The molecule has 0 spiro atoms. The molecule has 0 bridgehead atoms. The van der Waals surface area contributed by atoms with Crippen LogP contribution in [0, 0.1) is 21.4 Å². The molecule has 0 aliphatic carbocycles. The van der Waals surface area contributed by atoms with Crippen molar-refractivity contribution in [2.75, 3.05) is 11.9 Å². The highest BCUT2D eigenvalue weighted by Gasteiger charge is 2.14. The van der Waals surface area contributed by atoms with E-state index in [0.717, 1.165) is 0 Å². The Morgan fingerprint density at radius 3 is 2.75 bits per heavy atom. The molecule has 2 N–H and O–H groups in total. The second-order valence-electron chi connectivity index (χ2n) is 4.50. The number of anilines is 1. The van der Waals surface area contributed by atoms with Crippen LogP contribution in [-0.4, -0.2) is 23.4 Å². The van der Waals surface area contributed by atoms with Crippen LogP contribution in [0.15, 0.2) is 18.2 Å². The van der Waals surface area contributed by atoms with E-state index in [1.807, 2.05) is 13.8 Å². The highest BCUT2D eigenvalue weighted by atomic mass is 16.6. The van der Waals surface area contributed by atoms with Crippen molar-refractivity contribution in [2.45, 2.75) is 26.3 Å². The Balaban J connectivity index is 2.62. The normalized spacial score (nSPS) is 9.90. The fraction of sp³-hybridized carbons (Fsp3) is 0.385. The van der Waals surface area contributed by atoms with E-state index in [-0.39, 0.29) is 29.6 Å². The molecule has 0 aliphatic heterocycles. The Hall–Kier alpha value is -2.62. The molecule has 1 rings (SSSR count). The smallest absolute Gasteiger partial charge is 0.289 e. The summed E-state index contributed by atoms with van der Waals surface area (Å²) in [4.78, 5) is 21.6. The molecule has 0 saturated carbocycles. The number of benzene rings is 1. The van der Waals surface area contributed by atoms with Gasteiger partial charge in [0.1, 0.15) is 11.6 Å². The zero-order valence-electron chi connectivity index (χ0n) is 11.3. The van der Waals surface area contributed by atoms with Crippen molar-refractivity contribution in [1.29, 1.82) is 5.26 Å². The summed E-state index contributed by atoms with van der Waals surface area (Å²) >= 11 is 0. The van der Waals surface area contributed by atoms with Crippen LogP contribution < -0.4 is 10.6 Å².